The number of hydrogen-bond acceptors (Lipinski definition) is 6. The van der Waals surface area contributed by atoms with Gasteiger partial charge in [0.1, 0.15) is 5.69 Å². The molecule has 186 valence electrons. The molecule has 5 rings (SSSR count). The highest BCUT2D eigenvalue weighted by Gasteiger charge is 2.32. The van der Waals surface area contributed by atoms with E-state index in [9.17, 15) is 18.0 Å². The number of nitrogens with zero attached hydrogens (tertiary/aromatic N) is 3. The van der Waals surface area contributed by atoms with E-state index in [2.05, 4.69) is 37.1 Å². The molecule has 1 amide bonds. The van der Waals surface area contributed by atoms with Crippen LogP contribution in [-0.2, 0) is 11.0 Å². The molecule has 1 saturated heterocycles. The predicted molar refractivity (Wildman–Crippen MR) is 133 cm³/mol. The van der Waals surface area contributed by atoms with Crippen molar-refractivity contribution >= 4 is 28.5 Å². The van der Waals surface area contributed by atoms with Crippen LogP contribution in [0.2, 0.25) is 0 Å². The average Bonchev–Trinajstić information content (AvgIpc) is 3.11. The van der Waals surface area contributed by atoms with Crippen LogP contribution < -0.4 is 21.1 Å². The summed E-state index contributed by atoms with van der Waals surface area (Å²) < 4.78 is 38.4. The first-order chi connectivity index (χ1) is 17.4. The molecule has 3 aromatic rings. The van der Waals surface area contributed by atoms with Gasteiger partial charge in [-0.25, -0.2) is 10.4 Å². The lowest BCUT2D eigenvalue weighted by Gasteiger charge is -2.28. The van der Waals surface area contributed by atoms with Crippen LogP contribution in [0.5, 0.6) is 0 Å². The van der Waals surface area contributed by atoms with Crippen LogP contribution in [0.4, 0.5) is 30.2 Å². The number of halogens is 3. The number of nitrogens with one attached hydrogen (secondary N) is 3. The number of carbonyl (C=O) groups excluding carboxylic acids is 1. The maximum atomic E-state index is 13.2. The Kier molecular flexibility index (Phi) is 6.60. The van der Waals surface area contributed by atoms with E-state index >= 15 is 0 Å². The van der Waals surface area contributed by atoms with E-state index in [1.54, 1.807) is 12.3 Å². The minimum atomic E-state index is -4.54. The van der Waals surface area contributed by atoms with Crippen molar-refractivity contribution in [3.63, 3.8) is 0 Å². The van der Waals surface area contributed by atoms with Crippen molar-refractivity contribution in [1.29, 1.82) is 0 Å². The lowest BCUT2D eigenvalue weighted by molar-refractivity contribution is -0.141. The molecule has 2 aliphatic rings. The van der Waals surface area contributed by atoms with Gasteiger partial charge in [0.2, 0.25) is 0 Å². The van der Waals surface area contributed by atoms with Crippen molar-refractivity contribution in [3.05, 3.63) is 72.3 Å². The molecule has 36 heavy (non-hydrogen) atoms. The van der Waals surface area contributed by atoms with Crippen molar-refractivity contribution in [3.8, 4) is 11.1 Å². The van der Waals surface area contributed by atoms with E-state index in [1.165, 1.54) is 25.3 Å². The minimum Gasteiger partial charge on any atom is -0.370 e. The van der Waals surface area contributed by atoms with Crippen LogP contribution in [0, 0.1) is 0 Å². The van der Waals surface area contributed by atoms with Gasteiger partial charge in [-0.15, -0.1) is 0 Å². The van der Waals surface area contributed by atoms with Gasteiger partial charge in [-0.05, 0) is 55.2 Å². The van der Waals surface area contributed by atoms with E-state index in [0.29, 0.717) is 23.4 Å². The Balaban J connectivity index is 1.42. The molecule has 4 heterocycles. The summed E-state index contributed by atoms with van der Waals surface area (Å²) in [5, 5.41) is 2.66. The number of fused-ring (bicyclic) bond motifs is 1. The number of benzene rings is 1. The molecule has 0 unspecified atom stereocenters. The van der Waals surface area contributed by atoms with E-state index in [-0.39, 0.29) is 5.69 Å². The highest BCUT2D eigenvalue weighted by molar-refractivity contribution is 6.26. The number of anilines is 3. The van der Waals surface area contributed by atoms with E-state index in [4.69, 9.17) is 0 Å². The van der Waals surface area contributed by atoms with E-state index in [1.807, 2.05) is 24.4 Å². The molecule has 1 fully saturated rings. The van der Waals surface area contributed by atoms with Crippen LogP contribution in [-0.4, -0.2) is 35.5 Å². The molecule has 7 nitrogen and oxygen atoms in total. The highest BCUT2D eigenvalue weighted by atomic mass is 19.4. The van der Waals surface area contributed by atoms with Gasteiger partial charge in [0, 0.05) is 42.5 Å². The first kappa shape index (κ1) is 23.8. The molecule has 0 bridgehead atoms. The van der Waals surface area contributed by atoms with E-state index < -0.39 is 17.8 Å². The SMILES string of the molecule is O=C(Nc1ccc(C(F)(F)F)nc1)C1=CCNNc2ccc(-c3cncc(N4CCCCC4)c3)cc21. The molecule has 1 aromatic carbocycles. The van der Waals surface area contributed by atoms with Crippen molar-refractivity contribution < 1.29 is 18.0 Å². The van der Waals surface area contributed by atoms with Crippen LogP contribution in [0.25, 0.3) is 16.7 Å². The Morgan fingerprint density at radius 2 is 1.81 bits per heavy atom. The van der Waals surface area contributed by atoms with Gasteiger partial charge >= 0.3 is 6.18 Å². The normalized spacial score (nSPS) is 15.9. The fourth-order valence-corrected chi connectivity index (χ4v) is 4.42. The zero-order valence-electron chi connectivity index (χ0n) is 19.4. The number of hydrogen-bond donors (Lipinski definition) is 3. The summed E-state index contributed by atoms with van der Waals surface area (Å²) >= 11 is 0. The second-order valence-corrected chi connectivity index (χ2v) is 8.75. The Labute approximate surface area is 206 Å². The van der Waals surface area contributed by atoms with Crippen molar-refractivity contribution in [2.75, 3.05) is 35.3 Å². The number of rotatable bonds is 4. The summed E-state index contributed by atoms with van der Waals surface area (Å²) in [6.07, 6.45) is 5.45. The van der Waals surface area contributed by atoms with Gasteiger partial charge in [-0.2, -0.15) is 13.2 Å². The van der Waals surface area contributed by atoms with Crippen molar-refractivity contribution in [1.82, 2.24) is 15.4 Å². The zero-order chi connectivity index (χ0) is 25.1. The van der Waals surface area contributed by atoms with Crippen molar-refractivity contribution in [2.24, 2.45) is 0 Å². The smallest absolute Gasteiger partial charge is 0.370 e. The van der Waals surface area contributed by atoms with Gasteiger partial charge in [0.25, 0.3) is 5.91 Å². The maximum Gasteiger partial charge on any atom is 0.433 e. The topological polar surface area (TPSA) is 82.2 Å². The fourth-order valence-electron chi connectivity index (χ4n) is 4.42. The molecule has 0 atom stereocenters. The first-order valence-corrected chi connectivity index (χ1v) is 11.8. The van der Waals surface area contributed by atoms with Crippen LogP contribution in [0.15, 0.2) is 61.1 Å². The van der Waals surface area contributed by atoms with Gasteiger partial charge in [0.15, 0.2) is 0 Å². The summed E-state index contributed by atoms with van der Waals surface area (Å²) in [5.41, 5.74) is 9.96. The maximum absolute atomic E-state index is 13.2. The zero-order valence-corrected chi connectivity index (χ0v) is 19.4. The number of amides is 1. The standard InChI is InChI=1S/C26H25F3N6O/c27-26(28,29)24-7-5-19(15-31-24)33-25(36)21-8-9-32-34-23-6-4-17(13-22(21)23)18-12-20(16-30-14-18)35-10-2-1-3-11-35/h4-8,12-16,32,34H,1-3,9-11H2,(H,33,36). The average molecular weight is 495 g/mol. The lowest BCUT2D eigenvalue weighted by atomic mass is 9.97. The number of hydrazine groups is 1. The number of pyridine rings is 2. The molecular weight excluding hydrogens is 469 g/mol. The minimum absolute atomic E-state index is 0.176. The van der Waals surface area contributed by atoms with Gasteiger partial charge in [-0.3, -0.25) is 9.78 Å². The van der Waals surface area contributed by atoms with E-state index in [0.717, 1.165) is 42.2 Å². The lowest BCUT2D eigenvalue weighted by Crippen LogP contribution is -2.29. The number of alkyl halides is 3. The third kappa shape index (κ3) is 5.18. The van der Waals surface area contributed by atoms with Crippen LogP contribution in [0.3, 0.4) is 0 Å². The van der Waals surface area contributed by atoms with Crippen LogP contribution >= 0.6 is 0 Å². The Morgan fingerprint density at radius 1 is 0.972 bits per heavy atom. The van der Waals surface area contributed by atoms with Gasteiger partial charge < -0.3 is 15.6 Å². The Bertz CT molecular complexity index is 1280. The number of carbonyl (C=O) groups is 1. The monoisotopic (exact) mass is 494 g/mol. The second-order valence-electron chi connectivity index (χ2n) is 8.75. The number of piperidine rings is 1. The van der Waals surface area contributed by atoms with Crippen LogP contribution in [0.1, 0.15) is 30.5 Å². The molecular formula is C26H25F3N6O. The summed E-state index contributed by atoms with van der Waals surface area (Å²) in [5.74, 6) is -0.444. The second kappa shape index (κ2) is 9.98. The summed E-state index contributed by atoms with van der Waals surface area (Å²) in [6, 6.07) is 9.91. The summed E-state index contributed by atoms with van der Waals surface area (Å²) in [4.78, 5) is 23.4. The molecule has 0 radical (unpaired) electrons. The highest BCUT2D eigenvalue weighted by Crippen LogP contribution is 2.33. The quantitative estimate of drug-likeness (QED) is 0.468. The molecule has 3 N–H and O–H groups in total. The molecule has 0 aliphatic carbocycles. The van der Waals surface area contributed by atoms with Crippen molar-refractivity contribution in [2.45, 2.75) is 25.4 Å². The summed E-state index contributed by atoms with van der Waals surface area (Å²) in [6.45, 7) is 2.40. The fraction of sp³-hybridized carbons (Fsp3) is 0.269. The first-order valence-electron chi connectivity index (χ1n) is 11.8. The molecule has 0 saturated carbocycles. The Morgan fingerprint density at radius 3 is 2.56 bits per heavy atom. The molecule has 2 aliphatic heterocycles. The predicted octanol–water partition coefficient (Wildman–Crippen LogP) is 5.10. The third-order valence-electron chi connectivity index (χ3n) is 6.28. The van der Waals surface area contributed by atoms with Gasteiger partial charge in [0.05, 0.1) is 29.5 Å². The Hall–Kier alpha value is -3.92. The molecule has 0 spiro atoms. The summed E-state index contributed by atoms with van der Waals surface area (Å²) in [7, 11) is 0. The molecule has 2 aromatic heterocycles. The third-order valence-corrected chi connectivity index (χ3v) is 6.28. The number of aromatic nitrogens is 2. The van der Waals surface area contributed by atoms with Gasteiger partial charge in [-0.1, -0.05) is 12.1 Å². The largest absolute Gasteiger partial charge is 0.433 e. The molecule has 10 heteroatoms.